The lowest BCUT2D eigenvalue weighted by Gasteiger charge is -2.16. The molecular formula is C12H15NO2. The standard InChI is InChI=1S/C12H15NO2/c1-9(14)10-4-6-11(7-5-10)13-8-2-3-12(13)15/h4-7,9,14H,2-3,8H2,1H3/t9-/m1/s1. The fourth-order valence-corrected chi connectivity index (χ4v) is 1.85. The normalized spacial score (nSPS) is 18.3. The molecule has 3 nitrogen and oxygen atoms in total. The molecule has 0 unspecified atom stereocenters. The first-order valence-electron chi connectivity index (χ1n) is 5.27. The van der Waals surface area contributed by atoms with Crippen LogP contribution in [0.25, 0.3) is 0 Å². The summed E-state index contributed by atoms with van der Waals surface area (Å²) < 4.78 is 0. The Morgan fingerprint density at radius 3 is 2.47 bits per heavy atom. The third-order valence-electron chi connectivity index (χ3n) is 2.76. The first-order chi connectivity index (χ1) is 7.18. The number of amides is 1. The minimum absolute atomic E-state index is 0.194. The van der Waals surface area contributed by atoms with Gasteiger partial charge in [0.2, 0.25) is 5.91 Å². The van der Waals surface area contributed by atoms with Gasteiger partial charge in [-0.2, -0.15) is 0 Å². The van der Waals surface area contributed by atoms with Crippen molar-refractivity contribution in [3.8, 4) is 0 Å². The Hall–Kier alpha value is -1.35. The second kappa shape index (κ2) is 4.03. The van der Waals surface area contributed by atoms with Gasteiger partial charge in [0.25, 0.3) is 0 Å². The maximum atomic E-state index is 11.5. The van der Waals surface area contributed by atoms with Gasteiger partial charge in [-0.1, -0.05) is 12.1 Å². The summed E-state index contributed by atoms with van der Waals surface area (Å²) in [5, 5.41) is 9.35. The molecule has 3 heteroatoms. The van der Waals surface area contributed by atoms with Crippen molar-refractivity contribution >= 4 is 11.6 Å². The highest BCUT2D eigenvalue weighted by atomic mass is 16.3. The number of aliphatic hydroxyl groups is 1. The summed E-state index contributed by atoms with van der Waals surface area (Å²) in [7, 11) is 0. The molecular weight excluding hydrogens is 190 g/mol. The highest BCUT2D eigenvalue weighted by molar-refractivity contribution is 5.95. The summed E-state index contributed by atoms with van der Waals surface area (Å²) in [4.78, 5) is 13.3. The largest absolute Gasteiger partial charge is 0.389 e. The van der Waals surface area contributed by atoms with Crippen LogP contribution in [0.4, 0.5) is 5.69 Å². The average Bonchev–Trinajstić information content (AvgIpc) is 2.65. The molecule has 2 rings (SSSR count). The second-order valence-electron chi connectivity index (χ2n) is 3.92. The van der Waals surface area contributed by atoms with E-state index in [2.05, 4.69) is 0 Å². The molecule has 1 aliphatic rings. The zero-order chi connectivity index (χ0) is 10.8. The van der Waals surface area contributed by atoms with Gasteiger partial charge in [-0.05, 0) is 31.0 Å². The van der Waals surface area contributed by atoms with Gasteiger partial charge < -0.3 is 10.0 Å². The molecule has 1 aromatic rings. The van der Waals surface area contributed by atoms with Crippen LogP contribution in [-0.2, 0) is 4.79 Å². The molecule has 1 saturated heterocycles. The Balaban J connectivity index is 2.19. The molecule has 15 heavy (non-hydrogen) atoms. The molecule has 1 amide bonds. The van der Waals surface area contributed by atoms with Gasteiger partial charge in [0.05, 0.1) is 6.10 Å². The van der Waals surface area contributed by atoms with Crippen molar-refractivity contribution in [2.24, 2.45) is 0 Å². The molecule has 0 aromatic heterocycles. The monoisotopic (exact) mass is 205 g/mol. The predicted octanol–water partition coefficient (Wildman–Crippen LogP) is 1.87. The maximum absolute atomic E-state index is 11.5. The quantitative estimate of drug-likeness (QED) is 0.800. The number of anilines is 1. The van der Waals surface area contributed by atoms with E-state index in [1.807, 2.05) is 24.3 Å². The summed E-state index contributed by atoms with van der Waals surface area (Å²) in [6.45, 7) is 2.54. The fourth-order valence-electron chi connectivity index (χ4n) is 1.85. The lowest BCUT2D eigenvalue weighted by Crippen LogP contribution is -2.23. The minimum atomic E-state index is -0.451. The fraction of sp³-hybridized carbons (Fsp3) is 0.417. The smallest absolute Gasteiger partial charge is 0.227 e. The van der Waals surface area contributed by atoms with Gasteiger partial charge >= 0.3 is 0 Å². The van der Waals surface area contributed by atoms with Gasteiger partial charge in [-0.25, -0.2) is 0 Å². The van der Waals surface area contributed by atoms with E-state index >= 15 is 0 Å². The van der Waals surface area contributed by atoms with E-state index in [0.29, 0.717) is 6.42 Å². The molecule has 80 valence electrons. The minimum Gasteiger partial charge on any atom is -0.389 e. The number of hydrogen-bond donors (Lipinski definition) is 1. The Bertz CT molecular complexity index is 356. The van der Waals surface area contributed by atoms with E-state index in [1.165, 1.54) is 0 Å². The molecule has 1 fully saturated rings. The van der Waals surface area contributed by atoms with E-state index in [9.17, 15) is 9.90 Å². The SMILES string of the molecule is C[C@@H](O)c1ccc(N2CCCC2=O)cc1. The Kier molecular flexibility index (Phi) is 2.73. The molecule has 0 aliphatic carbocycles. The molecule has 0 saturated carbocycles. The Labute approximate surface area is 89.3 Å². The number of carbonyl (C=O) groups excluding carboxylic acids is 1. The van der Waals surface area contributed by atoms with E-state index in [0.717, 1.165) is 24.2 Å². The number of rotatable bonds is 2. The van der Waals surface area contributed by atoms with Gasteiger partial charge in [0, 0.05) is 18.7 Å². The summed E-state index contributed by atoms with van der Waals surface area (Å²) in [6.07, 6.45) is 1.14. The van der Waals surface area contributed by atoms with Crippen molar-refractivity contribution in [2.75, 3.05) is 11.4 Å². The third-order valence-corrected chi connectivity index (χ3v) is 2.76. The van der Waals surface area contributed by atoms with E-state index in [1.54, 1.807) is 11.8 Å². The second-order valence-corrected chi connectivity index (χ2v) is 3.92. The molecule has 1 heterocycles. The number of carbonyl (C=O) groups is 1. The van der Waals surface area contributed by atoms with Crippen LogP contribution < -0.4 is 4.90 Å². The first-order valence-corrected chi connectivity index (χ1v) is 5.27. The van der Waals surface area contributed by atoms with Crippen molar-refractivity contribution in [3.63, 3.8) is 0 Å². The summed E-state index contributed by atoms with van der Waals surface area (Å²) >= 11 is 0. The topological polar surface area (TPSA) is 40.5 Å². The van der Waals surface area contributed by atoms with E-state index < -0.39 is 6.10 Å². The number of benzene rings is 1. The van der Waals surface area contributed by atoms with Gasteiger partial charge in [0.1, 0.15) is 0 Å². The number of hydrogen-bond acceptors (Lipinski definition) is 2. The van der Waals surface area contributed by atoms with E-state index in [4.69, 9.17) is 0 Å². The Morgan fingerprint density at radius 1 is 1.33 bits per heavy atom. The number of aliphatic hydroxyl groups excluding tert-OH is 1. The summed E-state index contributed by atoms with van der Waals surface area (Å²) in [6, 6.07) is 7.52. The van der Waals surface area contributed by atoms with Crippen molar-refractivity contribution in [3.05, 3.63) is 29.8 Å². The van der Waals surface area contributed by atoms with Crippen LogP contribution in [0.3, 0.4) is 0 Å². The summed E-state index contributed by atoms with van der Waals surface area (Å²) in [5.74, 6) is 0.194. The van der Waals surface area contributed by atoms with Crippen LogP contribution in [0.1, 0.15) is 31.4 Å². The molecule has 1 atom stereocenters. The molecule has 1 aromatic carbocycles. The van der Waals surface area contributed by atoms with Crippen LogP contribution >= 0.6 is 0 Å². The molecule has 1 aliphatic heterocycles. The highest BCUT2D eigenvalue weighted by Gasteiger charge is 2.21. The van der Waals surface area contributed by atoms with Crippen LogP contribution in [0.2, 0.25) is 0 Å². The molecule has 1 N–H and O–H groups in total. The van der Waals surface area contributed by atoms with Crippen LogP contribution in [-0.4, -0.2) is 17.6 Å². The zero-order valence-corrected chi connectivity index (χ0v) is 8.81. The average molecular weight is 205 g/mol. The molecule has 0 spiro atoms. The van der Waals surface area contributed by atoms with Crippen LogP contribution in [0.5, 0.6) is 0 Å². The van der Waals surface area contributed by atoms with Crippen molar-refractivity contribution in [1.82, 2.24) is 0 Å². The van der Waals surface area contributed by atoms with Crippen LogP contribution in [0, 0.1) is 0 Å². The van der Waals surface area contributed by atoms with Gasteiger partial charge in [0.15, 0.2) is 0 Å². The third kappa shape index (κ3) is 2.02. The van der Waals surface area contributed by atoms with Crippen molar-refractivity contribution < 1.29 is 9.90 Å². The molecule has 0 radical (unpaired) electrons. The van der Waals surface area contributed by atoms with E-state index in [-0.39, 0.29) is 5.91 Å². The maximum Gasteiger partial charge on any atom is 0.227 e. The number of nitrogens with zero attached hydrogens (tertiary/aromatic N) is 1. The lowest BCUT2D eigenvalue weighted by atomic mass is 10.1. The highest BCUT2D eigenvalue weighted by Crippen LogP contribution is 2.23. The van der Waals surface area contributed by atoms with Crippen LogP contribution in [0.15, 0.2) is 24.3 Å². The first kappa shape index (κ1) is 10.2. The van der Waals surface area contributed by atoms with Crippen molar-refractivity contribution in [1.29, 1.82) is 0 Å². The van der Waals surface area contributed by atoms with Crippen molar-refractivity contribution in [2.45, 2.75) is 25.9 Å². The predicted molar refractivity (Wildman–Crippen MR) is 58.7 cm³/mol. The zero-order valence-electron chi connectivity index (χ0n) is 8.81. The lowest BCUT2D eigenvalue weighted by molar-refractivity contribution is -0.117. The Morgan fingerprint density at radius 2 is 2.00 bits per heavy atom. The van der Waals surface area contributed by atoms with Gasteiger partial charge in [-0.3, -0.25) is 4.79 Å². The summed E-state index contributed by atoms with van der Waals surface area (Å²) in [5.41, 5.74) is 1.81. The molecule has 0 bridgehead atoms. The van der Waals surface area contributed by atoms with Gasteiger partial charge in [-0.15, -0.1) is 0 Å².